The lowest BCUT2D eigenvalue weighted by Gasteiger charge is -2.08. The average molecular weight is 399 g/mol. The van der Waals surface area contributed by atoms with Crippen molar-refractivity contribution in [3.63, 3.8) is 0 Å². The minimum absolute atomic E-state index is 0.0132. The van der Waals surface area contributed by atoms with E-state index in [1.165, 1.54) is 23.5 Å². The Morgan fingerprint density at radius 1 is 1.07 bits per heavy atom. The second kappa shape index (κ2) is 8.96. The number of benzene rings is 2. The van der Waals surface area contributed by atoms with Crippen molar-refractivity contribution in [3.05, 3.63) is 69.6 Å². The molecule has 2 N–H and O–H groups in total. The van der Waals surface area contributed by atoms with E-state index in [2.05, 4.69) is 10.6 Å². The van der Waals surface area contributed by atoms with E-state index < -0.39 is 16.8 Å². The van der Waals surface area contributed by atoms with E-state index in [9.17, 15) is 19.7 Å². The molecule has 0 aliphatic carbocycles. The number of ether oxygens (including phenoxy) is 1. The van der Waals surface area contributed by atoms with E-state index in [1.807, 2.05) is 24.3 Å². The molecule has 0 saturated carbocycles. The van der Waals surface area contributed by atoms with Gasteiger partial charge in [0, 0.05) is 35.6 Å². The van der Waals surface area contributed by atoms with Crippen LogP contribution in [0, 0.1) is 10.1 Å². The molecule has 0 saturated heterocycles. The maximum absolute atomic E-state index is 12.1. The van der Waals surface area contributed by atoms with Crippen molar-refractivity contribution in [1.82, 2.24) is 5.32 Å². The van der Waals surface area contributed by atoms with Gasteiger partial charge in [0.1, 0.15) is 4.88 Å². The number of nitrogens with one attached hydrogen (secondary N) is 2. The van der Waals surface area contributed by atoms with Crippen molar-refractivity contribution in [2.75, 3.05) is 25.0 Å². The molecule has 3 aromatic rings. The Bertz CT molecular complexity index is 967. The van der Waals surface area contributed by atoms with E-state index in [0.29, 0.717) is 23.7 Å². The predicted octanol–water partition coefficient (Wildman–Crippen LogP) is 3.19. The third-order valence-corrected chi connectivity index (χ3v) is 4.91. The van der Waals surface area contributed by atoms with Crippen LogP contribution in [0.4, 0.5) is 11.4 Å². The molecule has 0 radical (unpaired) electrons. The van der Waals surface area contributed by atoms with Crippen molar-refractivity contribution < 1.29 is 19.2 Å². The van der Waals surface area contributed by atoms with Gasteiger partial charge in [0.05, 0.1) is 4.92 Å². The number of rotatable bonds is 8. The van der Waals surface area contributed by atoms with Gasteiger partial charge in [-0.25, -0.2) is 4.79 Å². The topological polar surface area (TPSA) is 111 Å². The van der Waals surface area contributed by atoms with Crippen molar-refractivity contribution in [1.29, 1.82) is 0 Å². The number of esters is 1. The monoisotopic (exact) mass is 399 g/mol. The largest absolute Gasteiger partial charge is 0.451 e. The number of non-ortho nitro benzene ring substituents is 1. The zero-order valence-electron chi connectivity index (χ0n) is 14.7. The van der Waals surface area contributed by atoms with Crippen LogP contribution in [-0.2, 0) is 9.53 Å². The number of thiophene rings is 1. The Balaban J connectivity index is 1.37. The van der Waals surface area contributed by atoms with Gasteiger partial charge in [-0.1, -0.05) is 18.2 Å². The lowest BCUT2D eigenvalue weighted by Crippen LogP contribution is -2.32. The number of hydrogen-bond donors (Lipinski definition) is 2. The summed E-state index contributed by atoms with van der Waals surface area (Å²) < 4.78 is 6.03. The lowest BCUT2D eigenvalue weighted by molar-refractivity contribution is -0.384. The smallest absolute Gasteiger partial charge is 0.348 e. The number of carbonyl (C=O) groups is 2. The number of nitro benzene ring substituents is 1. The Morgan fingerprint density at radius 3 is 2.54 bits per heavy atom. The molecule has 0 aliphatic rings. The minimum atomic E-state index is -0.527. The van der Waals surface area contributed by atoms with Gasteiger partial charge in [0.25, 0.3) is 11.6 Å². The molecule has 2 aromatic carbocycles. The first-order chi connectivity index (χ1) is 13.5. The summed E-state index contributed by atoms with van der Waals surface area (Å²) in [4.78, 5) is 34.4. The first-order valence-corrected chi connectivity index (χ1v) is 9.25. The lowest BCUT2D eigenvalue weighted by atomic mass is 10.2. The van der Waals surface area contributed by atoms with Crippen LogP contribution in [0.15, 0.2) is 54.6 Å². The van der Waals surface area contributed by atoms with Gasteiger partial charge in [0.2, 0.25) is 0 Å². The van der Waals surface area contributed by atoms with Crippen molar-refractivity contribution in [2.24, 2.45) is 0 Å². The molecule has 0 spiro atoms. The maximum atomic E-state index is 12.1. The quantitative estimate of drug-likeness (QED) is 0.260. The van der Waals surface area contributed by atoms with Crippen molar-refractivity contribution in [3.8, 4) is 0 Å². The van der Waals surface area contributed by atoms with Crippen LogP contribution in [0.5, 0.6) is 0 Å². The first-order valence-electron chi connectivity index (χ1n) is 8.43. The zero-order chi connectivity index (χ0) is 19.9. The molecule has 0 atom stereocenters. The summed E-state index contributed by atoms with van der Waals surface area (Å²) in [6, 6.07) is 15.3. The fraction of sp³-hybridized carbons (Fsp3) is 0.158. The Labute approximate surface area is 164 Å². The van der Waals surface area contributed by atoms with Crippen LogP contribution in [0.2, 0.25) is 0 Å². The molecule has 28 heavy (non-hydrogen) atoms. The maximum Gasteiger partial charge on any atom is 0.348 e. The van der Waals surface area contributed by atoms with Crippen LogP contribution in [0.1, 0.15) is 9.67 Å². The average Bonchev–Trinajstić information content (AvgIpc) is 3.14. The Kier molecular flexibility index (Phi) is 6.18. The summed E-state index contributed by atoms with van der Waals surface area (Å²) >= 11 is 1.32. The Hall–Kier alpha value is -3.46. The highest BCUT2D eigenvalue weighted by Gasteiger charge is 2.13. The van der Waals surface area contributed by atoms with Gasteiger partial charge in [-0.05, 0) is 29.7 Å². The van der Waals surface area contributed by atoms with E-state index in [1.54, 1.807) is 18.2 Å². The second-order valence-corrected chi connectivity index (χ2v) is 6.89. The number of carbonyl (C=O) groups excluding carboxylic acids is 2. The van der Waals surface area contributed by atoms with Crippen molar-refractivity contribution in [2.45, 2.75) is 0 Å². The van der Waals surface area contributed by atoms with Crippen molar-refractivity contribution >= 4 is 44.7 Å². The molecule has 0 aliphatic heterocycles. The van der Waals surface area contributed by atoms with Gasteiger partial charge in [-0.2, -0.15) is 0 Å². The third-order valence-electron chi connectivity index (χ3n) is 3.82. The van der Waals surface area contributed by atoms with Gasteiger partial charge < -0.3 is 15.4 Å². The molecule has 0 bridgehead atoms. The van der Waals surface area contributed by atoms with E-state index in [4.69, 9.17) is 4.74 Å². The summed E-state index contributed by atoms with van der Waals surface area (Å²) in [6.07, 6.45) is 0. The fourth-order valence-electron chi connectivity index (χ4n) is 2.45. The summed E-state index contributed by atoms with van der Waals surface area (Å²) in [5, 5.41) is 17.2. The number of anilines is 1. The highest BCUT2D eigenvalue weighted by molar-refractivity contribution is 7.20. The molecule has 3 rings (SSSR count). The molecule has 0 unspecified atom stereocenters. The highest BCUT2D eigenvalue weighted by Crippen LogP contribution is 2.25. The first kappa shape index (κ1) is 19.3. The number of nitrogens with zero attached hydrogens (tertiary/aromatic N) is 1. The molecule has 9 heteroatoms. The molecule has 8 nitrogen and oxygen atoms in total. The van der Waals surface area contributed by atoms with Crippen LogP contribution in [-0.4, -0.2) is 36.5 Å². The number of fused-ring (bicyclic) bond motifs is 1. The summed E-state index contributed by atoms with van der Waals surface area (Å²) in [6.45, 7) is 0.384. The molecule has 1 heterocycles. The number of hydrogen-bond acceptors (Lipinski definition) is 7. The highest BCUT2D eigenvalue weighted by atomic mass is 32.1. The molecular formula is C19H17N3O5S. The third kappa shape index (κ3) is 5.04. The van der Waals surface area contributed by atoms with E-state index in [-0.39, 0.29) is 12.3 Å². The standard InChI is InChI=1S/C19H17N3O5S/c23-18(21-10-9-20-14-5-7-15(8-6-14)22(25)26)12-27-19(24)17-11-13-3-1-2-4-16(13)28-17/h1-8,11,20H,9-10,12H2,(H,21,23). The molecular weight excluding hydrogens is 382 g/mol. The van der Waals surface area contributed by atoms with E-state index >= 15 is 0 Å². The Morgan fingerprint density at radius 2 is 1.82 bits per heavy atom. The van der Waals surface area contributed by atoms with Crippen LogP contribution in [0.25, 0.3) is 10.1 Å². The van der Waals surface area contributed by atoms with Gasteiger partial charge in [-0.3, -0.25) is 14.9 Å². The molecule has 144 valence electrons. The van der Waals surface area contributed by atoms with Crippen LogP contribution in [0.3, 0.4) is 0 Å². The summed E-state index contributed by atoms with van der Waals surface area (Å²) in [5.41, 5.74) is 0.718. The molecule has 0 fully saturated rings. The normalized spacial score (nSPS) is 10.4. The minimum Gasteiger partial charge on any atom is -0.451 e. The molecule has 1 amide bonds. The molecule has 1 aromatic heterocycles. The van der Waals surface area contributed by atoms with Crippen LogP contribution < -0.4 is 10.6 Å². The SMILES string of the molecule is O=C(COC(=O)c1cc2ccccc2s1)NCCNc1ccc([N+](=O)[O-])cc1. The summed E-state index contributed by atoms with van der Waals surface area (Å²) in [5.74, 6) is -0.930. The van der Waals surface area contributed by atoms with E-state index in [0.717, 1.165) is 10.1 Å². The summed E-state index contributed by atoms with van der Waals surface area (Å²) in [7, 11) is 0. The van der Waals surface area contributed by atoms with Gasteiger partial charge in [0.15, 0.2) is 6.61 Å². The van der Waals surface area contributed by atoms with Gasteiger partial charge >= 0.3 is 5.97 Å². The van der Waals surface area contributed by atoms with Gasteiger partial charge in [-0.15, -0.1) is 11.3 Å². The number of amides is 1. The second-order valence-electron chi connectivity index (χ2n) is 5.81. The number of nitro groups is 1. The zero-order valence-corrected chi connectivity index (χ0v) is 15.5. The predicted molar refractivity (Wildman–Crippen MR) is 107 cm³/mol. The van der Waals surface area contributed by atoms with Crippen LogP contribution >= 0.6 is 11.3 Å². The fourth-order valence-corrected chi connectivity index (χ4v) is 3.40.